The first-order valence-corrected chi connectivity index (χ1v) is 8.87. The first-order chi connectivity index (χ1) is 11.5. The molecule has 0 aromatic heterocycles. The Morgan fingerprint density at radius 2 is 1.75 bits per heavy atom. The summed E-state index contributed by atoms with van der Waals surface area (Å²) in [5, 5.41) is 0. The largest absolute Gasteiger partial charge is 0.327 e. The number of urea groups is 1. The summed E-state index contributed by atoms with van der Waals surface area (Å²) in [5.41, 5.74) is 0.406. The van der Waals surface area contributed by atoms with Crippen LogP contribution in [0.3, 0.4) is 0 Å². The van der Waals surface area contributed by atoms with Gasteiger partial charge in [-0.05, 0) is 31.7 Å². The number of piperidine rings is 1. The van der Waals surface area contributed by atoms with Crippen molar-refractivity contribution in [2.45, 2.75) is 51.2 Å². The number of hydrogen-bond donors (Lipinski definition) is 0. The Morgan fingerprint density at radius 3 is 2.33 bits per heavy atom. The van der Waals surface area contributed by atoms with E-state index < -0.39 is 5.54 Å². The van der Waals surface area contributed by atoms with E-state index in [4.69, 9.17) is 0 Å². The third-order valence-corrected chi connectivity index (χ3v) is 5.76. The molecule has 0 radical (unpaired) electrons. The van der Waals surface area contributed by atoms with Crippen LogP contribution in [0.5, 0.6) is 0 Å². The molecule has 1 atom stereocenters. The molecule has 1 aromatic rings. The van der Waals surface area contributed by atoms with Crippen LogP contribution >= 0.6 is 0 Å². The van der Waals surface area contributed by atoms with Gasteiger partial charge in [-0.15, -0.1) is 0 Å². The van der Waals surface area contributed by atoms with E-state index in [0.29, 0.717) is 12.6 Å². The van der Waals surface area contributed by atoms with Gasteiger partial charge in [-0.1, -0.05) is 37.3 Å². The van der Waals surface area contributed by atoms with E-state index in [1.807, 2.05) is 30.3 Å². The third-order valence-electron chi connectivity index (χ3n) is 5.76. The molecule has 0 saturated carbocycles. The molecule has 0 bridgehead atoms. The second kappa shape index (κ2) is 6.55. The van der Waals surface area contributed by atoms with Gasteiger partial charge in [-0.25, -0.2) is 4.79 Å². The number of likely N-dealkylation sites (tertiary alicyclic amines) is 1. The summed E-state index contributed by atoms with van der Waals surface area (Å²) in [5.74, 6) is -0.0350. The van der Waals surface area contributed by atoms with Crippen LogP contribution in [0, 0.1) is 0 Å². The Balaban J connectivity index is 1.84. The van der Waals surface area contributed by atoms with Gasteiger partial charge in [-0.2, -0.15) is 0 Å². The number of nitrogens with zero attached hydrogens (tertiary/aromatic N) is 3. The van der Waals surface area contributed by atoms with E-state index in [-0.39, 0.29) is 11.9 Å². The Bertz CT molecular complexity index is 608. The first-order valence-electron chi connectivity index (χ1n) is 8.87. The summed E-state index contributed by atoms with van der Waals surface area (Å²) in [6.07, 6.45) is 2.55. The lowest BCUT2D eigenvalue weighted by Gasteiger charge is -2.44. The Labute approximate surface area is 144 Å². The lowest BCUT2D eigenvalue weighted by atomic mass is 9.85. The number of likely N-dealkylation sites (N-methyl/N-ethyl adjacent to an activating group) is 1. The summed E-state index contributed by atoms with van der Waals surface area (Å²) < 4.78 is 0. The minimum Gasteiger partial charge on any atom is -0.305 e. The predicted molar refractivity (Wildman–Crippen MR) is 93.4 cm³/mol. The van der Waals surface area contributed by atoms with Gasteiger partial charge in [0.2, 0.25) is 0 Å². The van der Waals surface area contributed by atoms with Crippen molar-refractivity contribution in [1.29, 1.82) is 0 Å². The Hall–Kier alpha value is -1.88. The lowest BCUT2D eigenvalue weighted by molar-refractivity contribution is -0.135. The topological polar surface area (TPSA) is 43.9 Å². The van der Waals surface area contributed by atoms with Crippen LogP contribution in [0.2, 0.25) is 0 Å². The smallest absolute Gasteiger partial charge is 0.305 e. The number of carbonyl (C=O) groups excluding carboxylic acids is 2. The van der Waals surface area contributed by atoms with Crippen molar-refractivity contribution >= 4 is 11.9 Å². The van der Waals surface area contributed by atoms with Gasteiger partial charge >= 0.3 is 6.03 Å². The van der Waals surface area contributed by atoms with Crippen molar-refractivity contribution in [3.8, 4) is 0 Å². The molecule has 3 amide bonds. The lowest BCUT2D eigenvalue weighted by Crippen LogP contribution is -2.57. The zero-order chi connectivity index (χ0) is 17.3. The molecule has 0 unspecified atom stereocenters. The van der Waals surface area contributed by atoms with Crippen LogP contribution in [-0.4, -0.2) is 58.4 Å². The van der Waals surface area contributed by atoms with Gasteiger partial charge in [0.05, 0.1) is 0 Å². The molecule has 2 heterocycles. The van der Waals surface area contributed by atoms with Gasteiger partial charge < -0.3 is 9.80 Å². The van der Waals surface area contributed by atoms with E-state index in [0.717, 1.165) is 37.9 Å². The van der Waals surface area contributed by atoms with Crippen LogP contribution in [0.1, 0.15) is 38.7 Å². The monoisotopic (exact) mass is 329 g/mol. The number of benzene rings is 1. The normalized spacial score (nSPS) is 22.5. The highest BCUT2D eigenvalue weighted by Crippen LogP contribution is 2.38. The fraction of sp³-hybridized carbons (Fsp3) is 0.579. The molecule has 0 aliphatic carbocycles. The second-order valence-electron chi connectivity index (χ2n) is 7.04. The zero-order valence-electron chi connectivity index (χ0n) is 14.9. The van der Waals surface area contributed by atoms with Gasteiger partial charge in [0.25, 0.3) is 5.91 Å². The Kier molecular flexibility index (Phi) is 4.63. The minimum atomic E-state index is -0.661. The van der Waals surface area contributed by atoms with Crippen molar-refractivity contribution in [3.63, 3.8) is 0 Å². The summed E-state index contributed by atoms with van der Waals surface area (Å²) in [6, 6.07) is 10.3. The zero-order valence-corrected chi connectivity index (χ0v) is 14.9. The van der Waals surface area contributed by atoms with Crippen molar-refractivity contribution in [3.05, 3.63) is 35.9 Å². The molecular weight excluding hydrogens is 302 g/mol. The van der Waals surface area contributed by atoms with Crippen molar-refractivity contribution in [1.82, 2.24) is 14.7 Å². The summed E-state index contributed by atoms with van der Waals surface area (Å²) in [6.45, 7) is 6.65. The standard InChI is InChI=1S/C19H27N3O2/c1-4-15(2)21-12-10-19(11-13-21)17(23)20(3)18(24)22(19)14-16-8-6-5-7-9-16/h5-9,15H,4,10-14H2,1-3H3/t15-/m1/s1. The molecular formula is C19H27N3O2. The highest BCUT2D eigenvalue weighted by atomic mass is 16.2. The average molecular weight is 329 g/mol. The van der Waals surface area contributed by atoms with Crippen LogP contribution in [-0.2, 0) is 11.3 Å². The van der Waals surface area contributed by atoms with Crippen LogP contribution in [0.25, 0.3) is 0 Å². The predicted octanol–water partition coefficient (Wildman–Crippen LogP) is 2.71. The molecule has 2 saturated heterocycles. The van der Waals surface area contributed by atoms with Gasteiger partial charge in [0, 0.05) is 32.7 Å². The van der Waals surface area contributed by atoms with Gasteiger partial charge in [-0.3, -0.25) is 9.69 Å². The Morgan fingerprint density at radius 1 is 1.12 bits per heavy atom. The molecule has 24 heavy (non-hydrogen) atoms. The van der Waals surface area contributed by atoms with E-state index in [2.05, 4.69) is 18.7 Å². The van der Waals surface area contributed by atoms with E-state index in [9.17, 15) is 9.59 Å². The molecule has 1 aromatic carbocycles. The summed E-state index contributed by atoms with van der Waals surface area (Å²) >= 11 is 0. The third kappa shape index (κ3) is 2.71. The summed E-state index contributed by atoms with van der Waals surface area (Å²) in [4.78, 5) is 31.1. The maximum absolute atomic E-state index is 12.9. The molecule has 5 heteroatoms. The van der Waals surface area contributed by atoms with E-state index in [1.54, 1.807) is 11.9 Å². The van der Waals surface area contributed by atoms with Crippen LogP contribution in [0.15, 0.2) is 30.3 Å². The van der Waals surface area contributed by atoms with Crippen molar-refractivity contribution in [2.75, 3.05) is 20.1 Å². The fourth-order valence-electron chi connectivity index (χ4n) is 3.94. The molecule has 0 N–H and O–H groups in total. The fourth-order valence-corrected chi connectivity index (χ4v) is 3.94. The number of rotatable bonds is 4. The van der Waals surface area contributed by atoms with Gasteiger partial charge in [0.1, 0.15) is 5.54 Å². The quantitative estimate of drug-likeness (QED) is 0.798. The molecule has 5 nitrogen and oxygen atoms in total. The van der Waals surface area contributed by atoms with Crippen LogP contribution in [0.4, 0.5) is 4.79 Å². The SMILES string of the molecule is CC[C@@H](C)N1CCC2(CC1)C(=O)N(C)C(=O)N2Cc1ccccc1. The minimum absolute atomic E-state index is 0.0350. The van der Waals surface area contributed by atoms with Crippen LogP contribution < -0.4 is 0 Å². The molecule has 1 spiro atoms. The molecule has 130 valence electrons. The molecule has 2 aliphatic heterocycles. The highest BCUT2D eigenvalue weighted by Gasteiger charge is 2.56. The first kappa shape index (κ1) is 17.0. The number of imide groups is 1. The molecule has 2 fully saturated rings. The summed E-state index contributed by atoms with van der Waals surface area (Å²) in [7, 11) is 1.61. The second-order valence-corrected chi connectivity index (χ2v) is 7.04. The maximum atomic E-state index is 12.9. The number of hydrogen-bond acceptors (Lipinski definition) is 3. The van der Waals surface area contributed by atoms with Gasteiger partial charge in [0.15, 0.2) is 0 Å². The van der Waals surface area contributed by atoms with E-state index >= 15 is 0 Å². The molecule has 3 rings (SSSR count). The number of amides is 3. The average Bonchev–Trinajstić information content (AvgIpc) is 2.79. The van der Waals surface area contributed by atoms with Crippen molar-refractivity contribution < 1.29 is 9.59 Å². The maximum Gasteiger partial charge on any atom is 0.327 e. The highest BCUT2D eigenvalue weighted by molar-refractivity contribution is 6.06. The van der Waals surface area contributed by atoms with E-state index in [1.165, 1.54) is 4.90 Å². The van der Waals surface area contributed by atoms with Crippen molar-refractivity contribution in [2.24, 2.45) is 0 Å². The molecule has 2 aliphatic rings. The number of carbonyl (C=O) groups is 2.